The Labute approximate surface area is 170 Å². The van der Waals surface area contributed by atoms with Gasteiger partial charge in [0.2, 0.25) is 10.0 Å². The number of amides is 1. The number of benzene rings is 1. The molecule has 0 bridgehead atoms. The molecule has 0 aliphatic carbocycles. The second-order valence-electron chi connectivity index (χ2n) is 6.29. The summed E-state index contributed by atoms with van der Waals surface area (Å²) >= 11 is 0. The van der Waals surface area contributed by atoms with E-state index < -0.39 is 15.9 Å². The number of sulfonamides is 1. The monoisotopic (exact) mass is 429 g/mol. The molecule has 1 aromatic carbocycles. The van der Waals surface area contributed by atoms with Crippen molar-refractivity contribution in [3.05, 3.63) is 35.2 Å². The number of aromatic nitrogens is 2. The van der Waals surface area contributed by atoms with Crippen molar-refractivity contribution in [2.45, 2.75) is 24.8 Å². The maximum absolute atomic E-state index is 12.6. The van der Waals surface area contributed by atoms with Crippen LogP contribution in [0.5, 0.6) is 5.75 Å². The summed E-state index contributed by atoms with van der Waals surface area (Å²) in [7, 11) is -0.843. The van der Waals surface area contributed by atoms with E-state index in [2.05, 4.69) is 20.8 Å². The molecule has 154 valence electrons. The fourth-order valence-electron chi connectivity index (χ4n) is 2.86. The zero-order valence-electron chi connectivity index (χ0n) is 15.9. The van der Waals surface area contributed by atoms with E-state index in [1.54, 1.807) is 13.0 Å². The molecule has 1 aliphatic heterocycles. The third-order valence-corrected chi connectivity index (χ3v) is 6.12. The standard InChI is InChI=1S/C17H23N5O4S.ClH/c1-4-26-14-6-5-11(9-15(14)27(24,25)22(2)3)19-17(23)16-12-10-18-8-7-13(12)20-21-16;/h5-6,9,18H,4,7-8,10H2,1-3H3,(H,19,23)(H,20,21);1H. The number of aromatic amines is 1. The molecule has 0 fully saturated rings. The van der Waals surface area contributed by atoms with Gasteiger partial charge in [0, 0.05) is 50.6 Å². The Morgan fingerprint density at radius 2 is 2.11 bits per heavy atom. The van der Waals surface area contributed by atoms with Crippen LogP contribution in [0.1, 0.15) is 28.7 Å². The van der Waals surface area contributed by atoms with Gasteiger partial charge in [-0.25, -0.2) is 12.7 Å². The Morgan fingerprint density at radius 1 is 1.36 bits per heavy atom. The van der Waals surface area contributed by atoms with Gasteiger partial charge in [0.05, 0.1) is 6.61 Å². The lowest BCUT2D eigenvalue weighted by Gasteiger charge is -2.17. The molecule has 0 unspecified atom stereocenters. The molecule has 0 atom stereocenters. The Hall–Kier alpha value is -2.14. The number of carbonyl (C=O) groups excluding carboxylic acids is 1. The highest BCUT2D eigenvalue weighted by atomic mass is 35.5. The van der Waals surface area contributed by atoms with Crippen LogP contribution >= 0.6 is 12.4 Å². The van der Waals surface area contributed by atoms with Gasteiger partial charge in [-0.2, -0.15) is 5.10 Å². The summed E-state index contributed by atoms with van der Waals surface area (Å²) < 4.78 is 31.7. The van der Waals surface area contributed by atoms with Gasteiger partial charge in [-0.15, -0.1) is 12.4 Å². The molecule has 0 saturated heterocycles. The number of nitrogens with zero attached hydrogens (tertiary/aromatic N) is 2. The van der Waals surface area contributed by atoms with Gasteiger partial charge < -0.3 is 15.4 Å². The number of carbonyl (C=O) groups is 1. The van der Waals surface area contributed by atoms with Crippen LogP contribution in [0.4, 0.5) is 5.69 Å². The van der Waals surface area contributed by atoms with Crippen LogP contribution in [0.3, 0.4) is 0 Å². The van der Waals surface area contributed by atoms with Crippen LogP contribution in [0.25, 0.3) is 0 Å². The van der Waals surface area contributed by atoms with Gasteiger partial charge in [0.1, 0.15) is 10.6 Å². The first-order chi connectivity index (χ1) is 12.8. The highest BCUT2D eigenvalue weighted by Gasteiger charge is 2.25. The molecule has 11 heteroatoms. The first-order valence-corrected chi connectivity index (χ1v) is 10.1. The zero-order valence-corrected chi connectivity index (χ0v) is 17.5. The molecular weight excluding hydrogens is 406 g/mol. The van der Waals surface area contributed by atoms with Gasteiger partial charge in [-0.05, 0) is 25.1 Å². The minimum absolute atomic E-state index is 0. The molecule has 0 spiro atoms. The average molecular weight is 430 g/mol. The fraction of sp³-hybridized carbons (Fsp3) is 0.412. The predicted octanol–water partition coefficient (Wildman–Crippen LogP) is 1.38. The van der Waals surface area contributed by atoms with Crippen molar-refractivity contribution in [2.24, 2.45) is 0 Å². The molecule has 0 saturated carbocycles. The minimum Gasteiger partial charge on any atom is -0.492 e. The van der Waals surface area contributed by atoms with Crippen LogP contribution in [0.2, 0.25) is 0 Å². The first kappa shape index (κ1) is 22.2. The molecular formula is C17H24ClN5O4S. The van der Waals surface area contributed by atoms with Crippen molar-refractivity contribution >= 4 is 34.0 Å². The summed E-state index contributed by atoms with van der Waals surface area (Å²) in [5.74, 6) is -0.154. The van der Waals surface area contributed by atoms with Crippen molar-refractivity contribution in [1.29, 1.82) is 0 Å². The Balaban J connectivity index is 0.00000280. The summed E-state index contributed by atoms with van der Waals surface area (Å²) in [5.41, 5.74) is 2.44. The van der Waals surface area contributed by atoms with Gasteiger partial charge in [-0.3, -0.25) is 9.89 Å². The lowest BCUT2D eigenvalue weighted by molar-refractivity contribution is 0.102. The maximum atomic E-state index is 12.6. The van der Waals surface area contributed by atoms with E-state index in [-0.39, 0.29) is 23.1 Å². The lowest BCUT2D eigenvalue weighted by atomic mass is 10.1. The molecule has 9 nitrogen and oxygen atoms in total. The molecule has 1 aromatic heterocycles. The van der Waals surface area contributed by atoms with Gasteiger partial charge in [0.25, 0.3) is 5.91 Å². The molecule has 1 aliphatic rings. The van der Waals surface area contributed by atoms with E-state index in [0.717, 1.165) is 28.5 Å². The molecule has 3 rings (SSSR count). The molecule has 2 aromatic rings. The number of hydrogen-bond acceptors (Lipinski definition) is 6. The largest absolute Gasteiger partial charge is 0.492 e. The van der Waals surface area contributed by atoms with Crippen molar-refractivity contribution < 1.29 is 17.9 Å². The third kappa shape index (κ3) is 4.30. The maximum Gasteiger partial charge on any atom is 0.276 e. The fourth-order valence-corrected chi connectivity index (χ4v) is 3.91. The normalized spacial score (nSPS) is 13.6. The van der Waals surface area contributed by atoms with Crippen LogP contribution in [-0.2, 0) is 23.0 Å². The van der Waals surface area contributed by atoms with Crippen molar-refractivity contribution in [2.75, 3.05) is 32.6 Å². The highest BCUT2D eigenvalue weighted by molar-refractivity contribution is 7.89. The number of fused-ring (bicyclic) bond motifs is 1. The van der Waals surface area contributed by atoms with E-state index in [1.165, 1.54) is 26.2 Å². The summed E-state index contributed by atoms with van der Waals surface area (Å²) in [5, 5.41) is 12.9. The summed E-state index contributed by atoms with van der Waals surface area (Å²) in [6.45, 7) is 3.50. The number of rotatable bonds is 6. The van der Waals surface area contributed by atoms with Gasteiger partial charge in [-0.1, -0.05) is 0 Å². The van der Waals surface area contributed by atoms with Crippen molar-refractivity contribution in [3.8, 4) is 5.75 Å². The summed E-state index contributed by atoms with van der Waals surface area (Å²) in [6, 6.07) is 4.54. The number of ether oxygens (including phenoxy) is 1. The predicted molar refractivity (Wildman–Crippen MR) is 108 cm³/mol. The smallest absolute Gasteiger partial charge is 0.276 e. The first-order valence-electron chi connectivity index (χ1n) is 8.62. The van der Waals surface area contributed by atoms with E-state index >= 15 is 0 Å². The SMILES string of the molecule is CCOc1ccc(NC(=O)c2n[nH]c3c2CNCC3)cc1S(=O)(=O)N(C)C.Cl. The number of nitrogens with one attached hydrogen (secondary N) is 3. The molecule has 0 radical (unpaired) electrons. The minimum atomic E-state index is -3.73. The summed E-state index contributed by atoms with van der Waals surface area (Å²) in [6.07, 6.45) is 0.782. The third-order valence-electron chi connectivity index (χ3n) is 4.28. The number of H-pyrrole nitrogens is 1. The second kappa shape index (κ2) is 8.91. The zero-order chi connectivity index (χ0) is 19.6. The number of halogens is 1. The van der Waals surface area contributed by atoms with E-state index in [1.807, 2.05) is 0 Å². The van der Waals surface area contributed by atoms with Crippen LogP contribution in [0, 0.1) is 0 Å². The Kier molecular flexibility index (Phi) is 7.05. The topological polar surface area (TPSA) is 116 Å². The van der Waals surface area contributed by atoms with Gasteiger partial charge in [0.15, 0.2) is 5.69 Å². The van der Waals surface area contributed by atoms with Crippen molar-refractivity contribution in [1.82, 2.24) is 19.8 Å². The lowest BCUT2D eigenvalue weighted by Crippen LogP contribution is -2.25. The van der Waals surface area contributed by atoms with E-state index in [0.29, 0.717) is 24.5 Å². The van der Waals surface area contributed by atoms with Crippen molar-refractivity contribution in [3.63, 3.8) is 0 Å². The van der Waals surface area contributed by atoms with Gasteiger partial charge >= 0.3 is 0 Å². The Morgan fingerprint density at radius 3 is 2.79 bits per heavy atom. The quantitative estimate of drug-likeness (QED) is 0.638. The summed E-state index contributed by atoms with van der Waals surface area (Å²) in [4.78, 5) is 12.6. The molecule has 28 heavy (non-hydrogen) atoms. The van der Waals surface area contributed by atoms with E-state index in [9.17, 15) is 13.2 Å². The molecule has 3 N–H and O–H groups in total. The number of hydrogen-bond donors (Lipinski definition) is 3. The van der Waals surface area contributed by atoms with Crippen LogP contribution in [-0.4, -0.2) is 56.1 Å². The Bertz CT molecular complexity index is 958. The highest BCUT2D eigenvalue weighted by Crippen LogP contribution is 2.29. The molecule has 1 amide bonds. The van der Waals surface area contributed by atoms with Crippen LogP contribution in [0.15, 0.2) is 23.1 Å². The molecule has 2 heterocycles. The van der Waals surface area contributed by atoms with Crippen LogP contribution < -0.4 is 15.4 Å². The number of anilines is 1. The average Bonchev–Trinajstić information content (AvgIpc) is 3.07. The van der Waals surface area contributed by atoms with E-state index in [4.69, 9.17) is 4.74 Å². The second-order valence-corrected chi connectivity index (χ2v) is 8.41.